The lowest BCUT2D eigenvalue weighted by atomic mass is 10.0. The van der Waals surface area contributed by atoms with Gasteiger partial charge in [-0.25, -0.2) is 0 Å². The Morgan fingerprint density at radius 1 is 1.26 bits per heavy atom. The van der Waals surface area contributed by atoms with E-state index in [-0.39, 0.29) is 5.56 Å². The number of aliphatic carboxylic acids is 1. The minimum Gasteiger partial charge on any atom is -0.495 e. The van der Waals surface area contributed by atoms with Crippen LogP contribution in [0.25, 0.3) is 10.9 Å². The fourth-order valence-corrected chi connectivity index (χ4v) is 2.67. The summed E-state index contributed by atoms with van der Waals surface area (Å²) in [6, 6.07) is 7.07. The van der Waals surface area contributed by atoms with Crippen molar-refractivity contribution in [2.24, 2.45) is 7.05 Å². The number of hydrogen-bond acceptors (Lipinski definition) is 5. The number of pyridine rings is 1. The van der Waals surface area contributed by atoms with E-state index < -0.39 is 17.6 Å². The lowest BCUT2D eigenvalue weighted by molar-refractivity contribution is -0.136. The van der Waals surface area contributed by atoms with Gasteiger partial charge in [0.1, 0.15) is 11.1 Å². The molecule has 2 atom stereocenters. The smallest absolute Gasteiger partial charge is 0.321 e. The molecule has 0 bridgehead atoms. The first-order chi connectivity index (χ1) is 12.7. The van der Waals surface area contributed by atoms with Gasteiger partial charge in [0.15, 0.2) is 6.29 Å². The summed E-state index contributed by atoms with van der Waals surface area (Å²) < 4.78 is 11.2. The molecule has 27 heavy (non-hydrogen) atoms. The van der Waals surface area contributed by atoms with Gasteiger partial charge in [-0.2, -0.15) is 0 Å². The molecule has 8 heteroatoms. The number of fused-ring (bicyclic) bond motifs is 1. The Labute approximate surface area is 163 Å². The summed E-state index contributed by atoms with van der Waals surface area (Å²) in [5, 5.41) is 17.0. The van der Waals surface area contributed by atoms with Crippen LogP contribution in [0.5, 0.6) is 5.75 Å². The summed E-state index contributed by atoms with van der Waals surface area (Å²) in [4.78, 5) is 22.5. The maximum Gasteiger partial charge on any atom is 0.321 e. The fourth-order valence-electron chi connectivity index (χ4n) is 2.52. The molecule has 1 aromatic heterocycles. The quantitative estimate of drug-likeness (QED) is 0.548. The predicted octanol–water partition coefficient (Wildman–Crippen LogP) is 2.53. The Hall–Kier alpha value is -2.09. The van der Waals surface area contributed by atoms with Crippen molar-refractivity contribution in [1.82, 2.24) is 4.57 Å². The standard InChI is InChI=1S/C16H18ClNO4.C3H8O2/c1-18-14(19)9-7-11-10(4-3-5-12(17)16(20)21)6-8-13(22-2)15(11)18;1-3(4)5-2/h6-9,12H,3-5H2,1-2H3,(H,20,21);3-4H,1-2H3. The average molecular weight is 400 g/mol. The minimum atomic E-state index is -0.997. The van der Waals surface area contributed by atoms with Crippen LogP contribution < -0.4 is 10.3 Å². The number of carbonyl (C=O) groups is 1. The molecule has 0 fully saturated rings. The van der Waals surface area contributed by atoms with E-state index in [0.717, 1.165) is 16.5 Å². The predicted molar refractivity (Wildman–Crippen MR) is 105 cm³/mol. The molecule has 0 saturated carbocycles. The molecule has 150 valence electrons. The molecule has 1 aromatic carbocycles. The van der Waals surface area contributed by atoms with Gasteiger partial charge < -0.3 is 24.3 Å². The Morgan fingerprint density at radius 3 is 2.41 bits per heavy atom. The van der Waals surface area contributed by atoms with Gasteiger partial charge in [0.05, 0.1) is 12.6 Å². The number of aromatic nitrogens is 1. The molecular weight excluding hydrogens is 374 g/mol. The van der Waals surface area contributed by atoms with Crippen molar-refractivity contribution in [3.63, 3.8) is 0 Å². The van der Waals surface area contributed by atoms with Crippen molar-refractivity contribution in [2.75, 3.05) is 14.2 Å². The van der Waals surface area contributed by atoms with Crippen molar-refractivity contribution < 1.29 is 24.5 Å². The molecule has 0 radical (unpaired) electrons. The summed E-state index contributed by atoms with van der Waals surface area (Å²) in [5.41, 5.74) is 1.68. The summed E-state index contributed by atoms with van der Waals surface area (Å²) in [6.45, 7) is 1.56. The number of aryl methyl sites for hydroxylation is 2. The van der Waals surface area contributed by atoms with Crippen LogP contribution in [-0.4, -0.2) is 46.6 Å². The van der Waals surface area contributed by atoms with Crippen molar-refractivity contribution >= 4 is 28.5 Å². The van der Waals surface area contributed by atoms with Crippen LogP contribution in [0.3, 0.4) is 0 Å². The van der Waals surface area contributed by atoms with Gasteiger partial charge in [-0.3, -0.25) is 9.59 Å². The second-order valence-electron chi connectivity index (χ2n) is 5.95. The summed E-state index contributed by atoms with van der Waals surface area (Å²) >= 11 is 5.73. The first-order valence-corrected chi connectivity index (χ1v) is 8.89. The summed E-state index contributed by atoms with van der Waals surface area (Å²) in [6.07, 6.45) is 1.13. The number of carboxylic acid groups (broad SMARTS) is 1. The third-order valence-corrected chi connectivity index (χ3v) is 4.47. The zero-order chi connectivity index (χ0) is 20.6. The van der Waals surface area contributed by atoms with E-state index in [0.29, 0.717) is 25.0 Å². The number of methoxy groups -OCH3 is 2. The lowest BCUT2D eigenvalue weighted by Gasteiger charge is -2.13. The van der Waals surface area contributed by atoms with Crippen molar-refractivity contribution in [3.8, 4) is 5.75 Å². The maximum absolute atomic E-state index is 11.8. The molecule has 2 N–H and O–H groups in total. The van der Waals surface area contributed by atoms with Crippen LogP contribution in [0.1, 0.15) is 25.3 Å². The van der Waals surface area contributed by atoms with E-state index in [2.05, 4.69) is 4.74 Å². The van der Waals surface area contributed by atoms with E-state index >= 15 is 0 Å². The van der Waals surface area contributed by atoms with Crippen molar-refractivity contribution in [2.45, 2.75) is 37.9 Å². The number of alkyl halides is 1. The summed E-state index contributed by atoms with van der Waals surface area (Å²) in [5.74, 6) is -0.358. The zero-order valence-electron chi connectivity index (χ0n) is 15.9. The van der Waals surface area contributed by atoms with E-state index in [1.165, 1.54) is 13.2 Å². The number of ether oxygens (including phenoxy) is 2. The number of hydrogen-bond donors (Lipinski definition) is 2. The van der Waals surface area contributed by atoms with Crippen LogP contribution in [0.4, 0.5) is 0 Å². The monoisotopic (exact) mass is 399 g/mol. The normalized spacial score (nSPS) is 12.8. The highest BCUT2D eigenvalue weighted by molar-refractivity contribution is 6.29. The van der Waals surface area contributed by atoms with Gasteiger partial charge in [-0.05, 0) is 43.9 Å². The Bertz CT molecular complexity index is 818. The van der Waals surface area contributed by atoms with Crippen molar-refractivity contribution in [1.29, 1.82) is 0 Å². The topological polar surface area (TPSA) is 98.0 Å². The number of rotatable bonds is 7. The van der Waals surface area contributed by atoms with Crippen LogP contribution in [0, 0.1) is 0 Å². The maximum atomic E-state index is 11.8. The van der Waals surface area contributed by atoms with Gasteiger partial charge >= 0.3 is 5.97 Å². The van der Waals surface area contributed by atoms with E-state index in [1.54, 1.807) is 31.7 Å². The first kappa shape index (κ1) is 23.0. The van der Waals surface area contributed by atoms with Gasteiger partial charge in [0.2, 0.25) is 0 Å². The number of nitrogens with zero attached hydrogens (tertiary/aromatic N) is 1. The van der Waals surface area contributed by atoms with Crippen LogP contribution in [-0.2, 0) is 23.0 Å². The molecular formula is C19H26ClNO6. The highest BCUT2D eigenvalue weighted by Crippen LogP contribution is 2.28. The van der Waals surface area contributed by atoms with E-state index in [9.17, 15) is 9.59 Å². The average Bonchev–Trinajstić information content (AvgIpc) is 2.64. The Kier molecular flexibility index (Phi) is 9.28. The summed E-state index contributed by atoms with van der Waals surface area (Å²) in [7, 11) is 4.72. The van der Waals surface area contributed by atoms with Crippen LogP contribution in [0.15, 0.2) is 29.1 Å². The highest BCUT2D eigenvalue weighted by atomic mass is 35.5. The molecule has 2 aromatic rings. The van der Waals surface area contributed by atoms with Crippen LogP contribution >= 0.6 is 11.6 Å². The molecule has 0 aliphatic carbocycles. The second-order valence-corrected chi connectivity index (χ2v) is 6.48. The van der Waals surface area contributed by atoms with E-state index in [4.69, 9.17) is 26.6 Å². The van der Waals surface area contributed by atoms with Gasteiger partial charge in [0, 0.05) is 25.6 Å². The number of carboxylic acids is 1. The number of halogens is 1. The molecule has 2 unspecified atom stereocenters. The Balaban J connectivity index is 0.000000646. The van der Waals surface area contributed by atoms with Gasteiger partial charge in [0.25, 0.3) is 5.56 Å². The lowest BCUT2D eigenvalue weighted by Crippen LogP contribution is -2.16. The van der Waals surface area contributed by atoms with Gasteiger partial charge in [-0.15, -0.1) is 11.6 Å². The molecule has 0 saturated heterocycles. The van der Waals surface area contributed by atoms with Crippen LogP contribution in [0.2, 0.25) is 0 Å². The van der Waals surface area contributed by atoms with E-state index in [1.807, 2.05) is 12.1 Å². The molecule has 0 aliphatic rings. The molecule has 1 heterocycles. The third-order valence-electron chi connectivity index (χ3n) is 4.06. The first-order valence-electron chi connectivity index (χ1n) is 8.46. The zero-order valence-corrected chi connectivity index (χ0v) is 16.7. The largest absolute Gasteiger partial charge is 0.495 e. The number of aliphatic hydroxyl groups is 1. The third kappa shape index (κ3) is 6.53. The highest BCUT2D eigenvalue weighted by Gasteiger charge is 2.14. The molecule has 0 aliphatic heterocycles. The molecule has 2 rings (SSSR count). The Morgan fingerprint density at radius 2 is 1.89 bits per heavy atom. The van der Waals surface area contributed by atoms with Gasteiger partial charge in [-0.1, -0.05) is 6.07 Å². The number of aliphatic hydroxyl groups excluding tert-OH is 1. The fraction of sp³-hybridized carbons (Fsp3) is 0.474. The molecule has 7 nitrogen and oxygen atoms in total. The SMILES string of the molecule is COC(C)O.COc1ccc(CCCC(Cl)C(=O)O)c2ccc(=O)n(C)c12. The molecule has 0 spiro atoms. The minimum absolute atomic E-state index is 0.102. The second kappa shape index (κ2) is 10.9. The molecule has 0 amide bonds. The number of benzene rings is 1. The van der Waals surface area contributed by atoms with Crippen molar-refractivity contribution in [3.05, 3.63) is 40.2 Å².